The van der Waals surface area contributed by atoms with Gasteiger partial charge in [0.15, 0.2) is 11.6 Å². The molecule has 1 aliphatic heterocycles. The average Bonchev–Trinajstić information content (AvgIpc) is 3.31. The molecule has 2 aromatic carbocycles. The van der Waals surface area contributed by atoms with Crippen molar-refractivity contribution in [1.29, 1.82) is 0 Å². The minimum atomic E-state index is -0.535. The fraction of sp³-hybridized carbons (Fsp3) is 0.320. The molecule has 1 atom stereocenters. The lowest BCUT2D eigenvalue weighted by molar-refractivity contribution is 0.199. The minimum Gasteiger partial charge on any atom is -0.497 e. The van der Waals surface area contributed by atoms with Gasteiger partial charge >= 0.3 is 6.03 Å². The molecule has 0 spiro atoms. The van der Waals surface area contributed by atoms with Crippen molar-refractivity contribution in [1.82, 2.24) is 20.4 Å². The van der Waals surface area contributed by atoms with Gasteiger partial charge in [-0.05, 0) is 48.7 Å². The summed E-state index contributed by atoms with van der Waals surface area (Å²) in [6.07, 6.45) is 0. The predicted octanol–water partition coefficient (Wildman–Crippen LogP) is 5.05. The van der Waals surface area contributed by atoms with Crippen molar-refractivity contribution in [2.75, 3.05) is 20.8 Å². The van der Waals surface area contributed by atoms with E-state index in [-0.39, 0.29) is 29.4 Å². The van der Waals surface area contributed by atoms with E-state index in [2.05, 4.69) is 15.5 Å². The number of methoxy groups -OCH3 is 2. The summed E-state index contributed by atoms with van der Waals surface area (Å²) in [5.74, 6) is 0.982. The number of amides is 2. The Bertz CT molecular complexity index is 1240. The van der Waals surface area contributed by atoms with Gasteiger partial charge in [0, 0.05) is 17.8 Å². The highest BCUT2D eigenvalue weighted by molar-refractivity contribution is 5.87. The molecular weight excluding hydrogens is 439 g/mol. The van der Waals surface area contributed by atoms with E-state index in [1.54, 1.807) is 18.1 Å². The molecule has 1 aliphatic rings. The highest BCUT2D eigenvalue weighted by Crippen LogP contribution is 2.38. The van der Waals surface area contributed by atoms with Gasteiger partial charge in [0.1, 0.15) is 5.75 Å². The number of hydrogen-bond donors (Lipinski definition) is 1. The van der Waals surface area contributed by atoms with Crippen LogP contribution in [0.15, 0.2) is 52.7 Å². The van der Waals surface area contributed by atoms with Crippen molar-refractivity contribution >= 4 is 11.6 Å². The van der Waals surface area contributed by atoms with Crippen LogP contribution in [0.1, 0.15) is 38.3 Å². The lowest BCUT2D eigenvalue weighted by atomic mass is 9.94. The molecule has 3 aromatic rings. The molecular formula is C25H27FN4O4. The fourth-order valence-corrected chi connectivity index (χ4v) is 3.97. The Labute approximate surface area is 197 Å². The number of carbonyl (C=O) groups excluding carboxylic acids is 1. The summed E-state index contributed by atoms with van der Waals surface area (Å²) in [5, 5.41) is 7.14. The molecule has 1 unspecified atom stereocenters. The van der Waals surface area contributed by atoms with Gasteiger partial charge in [-0.15, -0.1) is 0 Å². The van der Waals surface area contributed by atoms with Crippen LogP contribution in [0.4, 0.5) is 9.18 Å². The normalized spacial score (nSPS) is 16.1. The fourth-order valence-electron chi connectivity index (χ4n) is 3.97. The average molecular weight is 467 g/mol. The number of urea groups is 1. The van der Waals surface area contributed by atoms with E-state index < -0.39 is 11.9 Å². The van der Waals surface area contributed by atoms with E-state index in [1.807, 2.05) is 45.0 Å². The van der Waals surface area contributed by atoms with Crippen molar-refractivity contribution < 1.29 is 23.2 Å². The Hall–Kier alpha value is -3.88. The minimum absolute atomic E-state index is 0.128. The van der Waals surface area contributed by atoms with E-state index in [9.17, 15) is 9.18 Å². The van der Waals surface area contributed by atoms with Crippen LogP contribution < -0.4 is 14.8 Å². The molecule has 9 heteroatoms. The van der Waals surface area contributed by atoms with Crippen molar-refractivity contribution in [3.05, 3.63) is 65.4 Å². The van der Waals surface area contributed by atoms with E-state index in [1.165, 1.54) is 19.2 Å². The van der Waals surface area contributed by atoms with Crippen molar-refractivity contribution in [3.8, 4) is 22.9 Å². The van der Waals surface area contributed by atoms with Crippen LogP contribution >= 0.6 is 0 Å². The summed E-state index contributed by atoms with van der Waals surface area (Å²) in [5.41, 5.74) is 2.63. The number of rotatable bonds is 7. The maximum atomic E-state index is 14.2. The van der Waals surface area contributed by atoms with Crippen LogP contribution in [-0.4, -0.2) is 41.8 Å². The first-order valence-corrected chi connectivity index (χ1v) is 10.9. The summed E-state index contributed by atoms with van der Waals surface area (Å²) < 4.78 is 30.2. The number of carbonyl (C=O) groups is 1. The Balaban J connectivity index is 1.81. The summed E-state index contributed by atoms with van der Waals surface area (Å²) in [6.45, 7) is 6.46. The molecule has 34 heavy (non-hydrogen) atoms. The third kappa shape index (κ3) is 4.46. The molecule has 2 heterocycles. The smallest absolute Gasteiger partial charge is 0.322 e. The quantitative estimate of drug-likeness (QED) is 0.524. The van der Waals surface area contributed by atoms with Gasteiger partial charge in [-0.1, -0.05) is 31.1 Å². The van der Waals surface area contributed by atoms with Crippen LogP contribution in [0.25, 0.3) is 17.0 Å². The Morgan fingerprint density at radius 3 is 2.65 bits per heavy atom. The Kier molecular flexibility index (Phi) is 6.54. The molecule has 0 fully saturated rings. The molecule has 0 bridgehead atoms. The maximum absolute atomic E-state index is 14.2. The monoisotopic (exact) mass is 466 g/mol. The van der Waals surface area contributed by atoms with E-state index in [0.717, 1.165) is 5.56 Å². The number of nitrogens with zero attached hydrogens (tertiary/aromatic N) is 3. The van der Waals surface area contributed by atoms with Gasteiger partial charge in [-0.2, -0.15) is 4.98 Å². The molecule has 8 nitrogen and oxygen atoms in total. The second-order valence-electron chi connectivity index (χ2n) is 8.44. The molecule has 1 N–H and O–H groups in total. The van der Waals surface area contributed by atoms with E-state index in [0.29, 0.717) is 29.1 Å². The predicted molar refractivity (Wildman–Crippen MR) is 125 cm³/mol. The molecule has 2 amide bonds. The Morgan fingerprint density at radius 1 is 1.18 bits per heavy atom. The standard InChI is InChI=1S/C25H27FN4O4/c1-14(2)13-30-15(3)21(22(27-25(30)31)16-7-6-8-18(11-16)32-4)24-28-23(29-34-24)17-9-10-20(33-5)19(26)12-17/h6-12,14,22H,13H2,1-5H3,(H,27,31). The maximum Gasteiger partial charge on any atom is 0.322 e. The van der Waals surface area contributed by atoms with Gasteiger partial charge in [0.2, 0.25) is 5.82 Å². The molecule has 178 valence electrons. The van der Waals surface area contributed by atoms with Crippen molar-refractivity contribution in [2.24, 2.45) is 5.92 Å². The van der Waals surface area contributed by atoms with Gasteiger partial charge in [0.05, 0.1) is 25.8 Å². The third-order valence-corrected chi connectivity index (χ3v) is 5.64. The molecule has 4 rings (SSSR count). The van der Waals surface area contributed by atoms with Crippen LogP contribution in [-0.2, 0) is 0 Å². The second-order valence-corrected chi connectivity index (χ2v) is 8.44. The zero-order valence-corrected chi connectivity index (χ0v) is 19.8. The van der Waals surface area contributed by atoms with E-state index in [4.69, 9.17) is 14.0 Å². The summed E-state index contributed by atoms with van der Waals surface area (Å²) >= 11 is 0. The van der Waals surface area contributed by atoms with Crippen LogP contribution in [0.3, 0.4) is 0 Å². The number of aromatic nitrogens is 2. The topological polar surface area (TPSA) is 89.7 Å². The number of nitrogens with one attached hydrogen (secondary N) is 1. The second kappa shape index (κ2) is 9.54. The first kappa shape index (κ1) is 23.3. The molecule has 0 radical (unpaired) electrons. The zero-order valence-electron chi connectivity index (χ0n) is 19.8. The van der Waals surface area contributed by atoms with Gasteiger partial charge in [-0.25, -0.2) is 9.18 Å². The number of allylic oxidation sites excluding steroid dienone is 1. The summed E-state index contributed by atoms with van der Waals surface area (Å²) in [4.78, 5) is 19.2. The number of ether oxygens (including phenoxy) is 2. The van der Waals surface area contributed by atoms with Crippen LogP contribution in [0, 0.1) is 11.7 Å². The molecule has 0 saturated heterocycles. The van der Waals surface area contributed by atoms with Gasteiger partial charge in [-0.3, -0.25) is 4.90 Å². The van der Waals surface area contributed by atoms with Gasteiger partial charge < -0.3 is 19.3 Å². The SMILES string of the molecule is COc1cccc(C2NC(=O)N(CC(C)C)C(C)=C2c2nc(-c3ccc(OC)c(F)c3)no2)c1. The number of halogens is 1. The van der Waals surface area contributed by atoms with Crippen molar-refractivity contribution in [2.45, 2.75) is 26.8 Å². The summed E-state index contributed by atoms with van der Waals surface area (Å²) in [6, 6.07) is 11.2. The lowest BCUT2D eigenvalue weighted by Gasteiger charge is -2.36. The largest absolute Gasteiger partial charge is 0.497 e. The van der Waals surface area contributed by atoms with Crippen LogP contribution in [0.2, 0.25) is 0 Å². The first-order chi connectivity index (χ1) is 16.3. The third-order valence-electron chi connectivity index (χ3n) is 5.64. The summed E-state index contributed by atoms with van der Waals surface area (Å²) in [7, 11) is 2.99. The lowest BCUT2D eigenvalue weighted by Crippen LogP contribution is -2.47. The highest BCUT2D eigenvalue weighted by Gasteiger charge is 2.36. The van der Waals surface area contributed by atoms with Gasteiger partial charge in [0.25, 0.3) is 5.89 Å². The molecule has 1 aromatic heterocycles. The van der Waals surface area contributed by atoms with E-state index >= 15 is 0 Å². The Morgan fingerprint density at radius 2 is 1.97 bits per heavy atom. The zero-order chi connectivity index (χ0) is 24.4. The van der Waals surface area contributed by atoms with Crippen molar-refractivity contribution in [3.63, 3.8) is 0 Å². The first-order valence-electron chi connectivity index (χ1n) is 10.9. The molecule has 0 saturated carbocycles. The number of benzene rings is 2. The number of hydrogen-bond acceptors (Lipinski definition) is 6. The molecule has 0 aliphatic carbocycles. The van der Waals surface area contributed by atoms with Crippen LogP contribution in [0.5, 0.6) is 11.5 Å². The highest BCUT2D eigenvalue weighted by atomic mass is 19.1.